The molecule has 0 spiro atoms. The van der Waals surface area contributed by atoms with E-state index in [1.165, 1.54) is 4.90 Å². The Labute approximate surface area is 187 Å². The van der Waals surface area contributed by atoms with E-state index in [0.29, 0.717) is 22.6 Å². The van der Waals surface area contributed by atoms with E-state index in [4.69, 9.17) is 9.26 Å². The standard InChI is InChI=1S/C23H19BrN2O5/c1-12-9-15(7-8-17(12)30-3)21(27)19-20(14-5-4-6-16(24)11-14)26(23(29)22(19)28)18-10-13(2)31-25-18/h4-11,20,27H,1-3H3/b21-19+/t20-/m0/s1. The van der Waals surface area contributed by atoms with Gasteiger partial charge in [-0.25, -0.2) is 0 Å². The van der Waals surface area contributed by atoms with Crippen molar-refractivity contribution in [1.82, 2.24) is 5.16 Å². The number of halogens is 1. The second kappa shape index (κ2) is 8.03. The van der Waals surface area contributed by atoms with Gasteiger partial charge in [-0.3, -0.25) is 14.5 Å². The molecule has 1 fully saturated rings. The zero-order valence-corrected chi connectivity index (χ0v) is 18.6. The minimum atomic E-state index is -0.871. The summed E-state index contributed by atoms with van der Waals surface area (Å²) in [7, 11) is 1.56. The van der Waals surface area contributed by atoms with Gasteiger partial charge in [0.2, 0.25) is 0 Å². The fourth-order valence-corrected chi connectivity index (χ4v) is 4.13. The van der Waals surface area contributed by atoms with E-state index in [-0.39, 0.29) is 17.2 Å². The van der Waals surface area contributed by atoms with Crippen LogP contribution >= 0.6 is 15.9 Å². The zero-order valence-electron chi connectivity index (χ0n) is 17.0. The molecule has 1 saturated heterocycles. The van der Waals surface area contributed by atoms with E-state index in [9.17, 15) is 14.7 Å². The summed E-state index contributed by atoms with van der Waals surface area (Å²) < 4.78 is 11.2. The van der Waals surface area contributed by atoms with Crippen LogP contribution in [0.3, 0.4) is 0 Å². The van der Waals surface area contributed by atoms with E-state index >= 15 is 0 Å². The first-order valence-corrected chi connectivity index (χ1v) is 10.3. The van der Waals surface area contributed by atoms with Crippen molar-refractivity contribution in [1.29, 1.82) is 0 Å². The van der Waals surface area contributed by atoms with Crippen LogP contribution in [0.4, 0.5) is 5.82 Å². The molecule has 1 aliphatic heterocycles. The van der Waals surface area contributed by atoms with Gasteiger partial charge in [0.25, 0.3) is 5.78 Å². The number of aliphatic hydroxyl groups excluding tert-OH is 1. The highest BCUT2D eigenvalue weighted by molar-refractivity contribution is 9.10. The molecular weight excluding hydrogens is 464 g/mol. The minimum Gasteiger partial charge on any atom is -0.507 e. The van der Waals surface area contributed by atoms with E-state index in [1.807, 2.05) is 13.0 Å². The van der Waals surface area contributed by atoms with Crippen LogP contribution in [-0.2, 0) is 9.59 Å². The molecule has 4 rings (SSSR count). The van der Waals surface area contributed by atoms with Crippen molar-refractivity contribution in [2.45, 2.75) is 19.9 Å². The van der Waals surface area contributed by atoms with Crippen LogP contribution in [-0.4, -0.2) is 29.1 Å². The van der Waals surface area contributed by atoms with Crippen molar-refractivity contribution < 1.29 is 24.0 Å². The highest BCUT2D eigenvalue weighted by Gasteiger charge is 2.48. The van der Waals surface area contributed by atoms with Crippen LogP contribution in [0.5, 0.6) is 5.75 Å². The van der Waals surface area contributed by atoms with Gasteiger partial charge in [0.1, 0.15) is 17.3 Å². The number of anilines is 1. The molecule has 2 heterocycles. The molecule has 3 aromatic rings. The van der Waals surface area contributed by atoms with Gasteiger partial charge in [-0.1, -0.05) is 33.2 Å². The first-order valence-electron chi connectivity index (χ1n) is 9.46. The summed E-state index contributed by atoms with van der Waals surface area (Å²) in [5.41, 5.74) is 1.81. The Hall–Kier alpha value is -3.39. The second-order valence-corrected chi connectivity index (χ2v) is 8.12. The average molecular weight is 483 g/mol. The number of aliphatic hydroxyl groups is 1. The number of benzene rings is 2. The number of amides is 1. The van der Waals surface area contributed by atoms with Crippen LogP contribution in [0.2, 0.25) is 0 Å². The summed E-state index contributed by atoms with van der Waals surface area (Å²) >= 11 is 3.43. The summed E-state index contributed by atoms with van der Waals surface area (Å²) in [6.45, 7) is 3.53. The molecule has 1 aliphatic rings. The molecule has 0 saturated carbocycles. The van der Waals surface area contributed by atoms with Gasteiger partial charge < -0.3 is 14.4 Å². The van der Waals surface area contributed by atoms with Crippen LogP contribution in [0.25, 0.3) is 5.76 Å². The quantitative estimate of drug-likeness (QED) is 0.329. The maximum absolute atomic E-state index is 13.1. The predicted octanol–water partition coefficient (Wildman–Crippen LogP) is 4.69. The second-order valence-electron chi connectivity index (χ2n) is 7.20. The fraction of sp³-hybridized carbons (Fsp3) is 0.174. The van der Waals surface area contributed by atoms with Crippen molar-refractivity contribution in [2.75, 3.05) is 12.0 Å². The molecular formula is C23H19BrN2O5. The fourth-order valence-electron chi connectivity index (χ4n) is 3.71. The molecule has 0 unspecified atom stereocenters. The molecule has 1 atom stereocenters. The highest BCUT2D eigenvalue weighted by atomic mass is 79.9. The number of aryl methyl sites for hydroxylation is 2. The van der Waals surface area contributed by atoms with Crippen LogP contribution in [0, 0.1) is 13.8 Å². The third-order valence-corrected chi connectivity index (χ3v) is 5.63. The number of Topliss-reactive ketones (excluding diaryl/α,β-unsaturated/α-hetero) is 1. The van der Waals surface area contributed by atoms with Crippen molar-refractivity contribution in [2.24, 2.45) is 0 Å². The van der Waals surface area contributed by atoms with Crippen LogP contribution in [0.1, 0.15) is 28.5 Å². The lowest BCUT2D eigenvalue weighted by Gasteiger charge is -2.23. The van der Waals surface area contributed by atoms with Gasteiger partial charge in [-0.15, -0.1) is 0 Å². The average Bonchev–Trinajstić information content (AvgIpc) is 3.28. The smallest absolute Gasteiger partial charge is 0.301 e. The topological polar surface area (TPSA) is 92.9 Å². The van der Waals surface area contributed by atoms with Crippen LogP contribution in [0.15, 0.2) is 63.1 Å². The number of ketones is 1. The molecule has 31 heavy (non-hydrogen) atoms. The van der Waals surface area contributed by atoms with Gasteiger partial charge in [-0.05, 0) is 55.3 Å². The normalized spacial score (nSPS) is 17.9. The van der Waals surface area contributed by atoms with Gasteiger partial charge in [0, 0.05) is 16.1 Å². The molecule has 2 aromatic carbocycles. The Bertz CT molecular complexity index is 1230. The largest absolute Gasteiger partial charge is 0.507 e. The molecule has 0 bridgehead atoms. The Kier molecular flexibility index (Phi) is 5.41. The monoisotopic (exact) mass is 482 g/mol. The van der Waals surface area contributed by atoms with E-state index < -0.39 is 17.7 Å². The maximum Gasteiger partial charge on any atom is 0.301 e. The van der Waals surface area contributed by atoms with Gasteiger partial charge in [0.15, 0.2) is 5.82 Å². The number of hydrogen-bond acceptors (Lipinski definition) is 6. The van der Waals surface area contributed by atoms with Gasteiger partial charge in [-0.2, -0.15) is 0 Å². The lowest BCUT2D eigenvalue weighted by molar-refractivity contribution is -0.132. The van der Waals surface area contributed by atoms with Crippen molar-refractivity contribution >= 4 is 39.2 Å². The van der Waals surface area contributed by atoms with Crippen molar-refractivity contribution in [3.8, 4) is 5.75 Å². The number of aromatic nitrogens is 1. The third-order valence-electron chi connectivity index (χ3n) is 5.14. The highest BCUT2D eigenvalue weighted by Crippen LogP contribution is 2.42. The Morgan fingerprint density at radius 1 is 1.16 bits per heavy atom. The lowest BCUT2D eigenvalue weighted by atomic mass is 9.95. The van der Waals surface area contributed by atoms with E-state index in [1.54, 1.807) is 56.5 Å². The zero-order chi connectivity index (χ0) is 22.3. The molecule has 1 aromatic heterocycles. The molecule has 0 radical (unpaired) electrons. The summed E-state index contributed by atoms with van der Waals surface area (Å²) in [4.78, 5) is 27.4. The third kappa shape index (κ3) is 3.63. The SMILES string of the molecule is COc1ccc(/C(O)=C2\C(=O)C(=O)N(c3cc(C)on3)[C@H]2c2cccc(Br)c2)cc1C. The molecule has 158 valence electrons. The molecule has 1 N–H and O–H groups in total. The summed E-state index contributed by atoms with van der Waals surface area (Å²) in [6.07, 6.45) is 0. The minimum absolute atomic E-state index is 0.0201. The van der Waals surface area contributed by atoms with Crippen molar-refractivity contribution in [3.63, 3.8) is 0 Å². The molecule has 8 heteroatoms. The number of nitrogens with zero attached hydrogens (tertiary/aromatic N) is 2. The molecule has 0 aliphatic carbocycles. The lowest BCUT2D eigenvalue weighted by Crippen LogP contribution is -2.29. The van der Waals surface area contributed by atoms with Crippen LogP contribution < -0.4 is 9.64 Å². The van der Waals surface area contributed by atoms with Gasteiger partial charge >= 0.3 is 5.91 Å². The Balaban J connectivity index is 1.94. The first-order chi connectivity index (χ1) is 14.8. The Morgan fingerprint density at radius 2 is 1.94 bits per heavy atom. The number of methoxy groups -OCH3 is 1. The summed E-state index contributed by atoms with van der Waals surface area (Å²) in [5.74, 6) is -0.498. The summed E-state index contributed by atoms with van der Waals surface area (Å²) in [5, 5.41) is 15.1. The van der Waals surface area contributed by atoms with E-state index in [0.717, 1.165) is 10.0 Å². The number of rotatable bonds is 4. The maximum atomic E-state index is 13.1. The summed E-state index contributed by atoms with van der Waals surface area (Å²) in [6, 6.07) is 13.0. The number of hydrogen-bond donors (Lipinski definition) is 1. The molecule has 7 nitrogen and oxygen atoms in total. The number of carbonyl (C=O) groups is 2. The van der Waals surface area contributed by atoms with Gasteiger partial charge in [0.05, 0.1) is 18.7 Å². The van der Waals surface area contributed by atoms with Crippen molar-refractivity contribution in [3.05, 3.63) is 81.0 Å². The van der Waals surface area contributed by atoms with E-state index in [2.05, 4.69) is 21.1 Å². The Morgan fingerprint density at radius 3 is 2.55 bits per heavy atom. The number of carbonyl (C=O) groups excluding carboxylic acids is 2. The molecule has 1 amide bonds. The number of ether oxygens (including phenoxy) is 1. The first kappa shape index (κ1) is 20.9. The predicted molar refractivity (Wildman–Crippen MR) is 118 cm³/mol.